The minimum absolute atomic E-state index is 0.237. The van der Waals surface area contributed by atoms with Crippen LogP contribution in [0.4, 0.5) is 21.5 Å². The van der Waals surface area contributed by atoms with Crippen molar-refractivity contribution < 1.29 is 4.39 Å². The van der Waals surface area contributed by atoms with Gasteiger partial charge >= 0.3 is 0 Å². The van der Waals surface area contributed by atoms with Crippen molar-refractivity contribution in [2.45, 2.75) is 5.41 Å². The largest absolute Gasteiger partial charge is 0.310 e. The topological polar surface area (TPSA) is 8.17 Å². The zero-order valence-corrected chi connectivity index (χ0v) is 31.3. The zero-order chi connectivity index (χ0) is 38.1. The Balaban J connectivity index is 0.953. The lowest BCUT2D eigenvalue weighted by Crippen LogP contribution is -2.23. The minimum atomic E-state index is -0.343. The highest BCUT2D eigenvalue weighted by Gasteiger charge is 2.57. The highest BCUT2D eigenvalue weighted by molar-refractivity contribution is 6.11. The molecule has 1 heterocycles. The number of halogens is 1. The fourth-order valence-corrected chi connectivity index (χ4v) is 10.7. The van der Waals surface area contributed by atoms with Crippen LogP contribution in [0, 0.1) is 5.82 Å². The van der Waals surface area contributed by atoms with E-state index in [0.717, 1.165) is 44.9 Å². The number of fused-ring (bicyclic) bond motifs is 8. The molecule has 2 nitrogen and oxygen atoms in total. The van der Waals surface area contributed by atoms with Gasteiger partial charge in [0.05, 0.1) is 16.4 Å². The second-order valence-electron chi connectivity index (χ2n) is 15.8. The fraction of sp³-hybridized carbons (Fsp3) is 0.0182. The van der Waals surface area contributed by atoms with E-state index in [0.29, 0.717) is 0 Å². The van der Waals surface area contributed by atoms with Crippen molar-refractivity contribution in [1.29, 1.82) is 0 Å². The van der Waals surface area contributed by atoms with Crippen molar-refractivity contribution in [3.05, 3.63) is 228 Å². The SMILES string of the molecule is Fc1ccc(-n2c3ccccc3c3cc(-c4ccc(N(c5ccccc5)c5ccc6c(c5)C57c8ccccc8-c8cccc(c85)-c5cccc-6c57)cc4)ccc32)cc1. The summed E-state index contributed by atoms with van der Waals surface area (Å²) in [5.41, 5.74) is 22.1. The third-order valence-corrected chi connectivity index (χ3v) is 13.0. The van der Waals surface area contributed by atoms with Gasteiger partial charge in [0, 0.05) is 33.5 Å². The van der Waals surface area contributed by atoms with E-state index in [1.807, 2.05) is 12.1 Å². The molecule has 0 saturated carbocycles. The van der Waals surface area contributed by atoms with E-state index < -0.39 is 0 Å². The van der Waals surface area contributed by atoms with Gasteiger partial charge < -0.3 is 9.47 Å². The number of hydrogen-bond acceptors (Lipinski definition) is 1. The maximum Gasteiger partial charge on any atom is 0.123 e. The molecule has 3 aliphatic rings. The molecule has 270 valence electrons. The minimum Gasteiger partial charge on any atom is -0.310 e. The second-order valence-corrected chi connectivity index (χ2v) is 15.8. The molecule has 3 aliphatic carbocycles. The van der Waals surface area contributed by atoms with Gasteiger partial charge in [-0.2, -0.15) is 0 Å². The summed E-state index contributed by atoms with van der Waals surface area (Å²) in [5, 5.41) is 2.34. The van der Waals surface area contributed by atoms with Crippen molar-refractivity contribution in [3.63, 3.8) is 0 Å². The number of rotatable bonds is 5. The molecule has 1 spiro atoms. The fourth-order valence-electron chi connectivity index (χ4n) is 10.7. The molecule has 0 amide bonds. The smallest absolute Gasteiger partial charge is 0.123 e. The standard InChI is InChI=1S/C55H33FN2/c56-36-23-27-39(28-24-36)58-51-19-7-5-13-43(51)48-32-35(22-31-52(48)58)34-20-25-38(26-21-34)57(37-10-2-1-3-11-37)40-29-30-42-45-15-9-17-47-46-16-8-14-44-41-12-4-6-18-49(41)55(53(44)46,54(45)47)50(42)33-40/h1-33H. The highest BCUT2D eigenvalue weighted by atomic mass is 19.1. The summed E-state index contributed by atoms with van der Waals surface area (Å²) in [6.07, 6.45) is 0. The summed E-state index contributed by atoms with van der Waals surface area (Å²) in [6.45, 7) is 0. The van der Waals surface area contributed by atoms with Crippen LogP contribution < -0.4 is 4.90 Å². The summed E-state index contributed by atoms with van der Waals surface area (Å²) >= 11 is 0. The maximum atomic E-state index is 13.9. The molecule has 9 aromatic carbocycles. The molecule has 0 radical (unpaired) electrons. The first-order chi connectivity index (χ1) is 28.7. The first kappa shape index (κ1) is 31.7. The summed E-state index contributed by atoms with van der Waals surface area (Å²) in [7, 11) is 0. The second kappa shape index (κ2) is 11.5. The molecule has 1 aromatic heterocycles. The maximum absolute atomic E-state index is 13.9. The highest BCUT2D eigenvalue weighted by Crippen LogP contribution is 2.70. The van der Waals surface area contributed by atoms with Crippen molar-refractivity contribution in [3.8, 4) is 50.2 Å². The van der Waals surface area contributed by atoms with Crippen molar-refractivity contribution in [2.75, 3.05) is 4.90 Å². The van der Waals surface area contributed by atoms with Crippen LogP contribution in [-0.4, -0.2) is 4.57 Å². The number of hydrogen-bond donors (Lipinski definition) is 0. The van der Waals surface area contributed by atoms with Gasteiger partial charge in [0.2, 0.25) is 0 Å². The predicted octanol–water partition coefficient (Wildman–Crippen LogP) is 14.4. The van der Waals surface area contributed by atoms with E-state index in [1.165, 1.54) is 78.5 Å². The molecular weight excluding hydrogens is 708 g/mol. The Kier molecular flexibility index (Phi) is 6.30. The van der Waals surface area contributed by atoms with E-state index in [9.17, 15) is 4.39 Å². The molecular formula is C55H33FN2. The number of aromatic nitrogens is 1. The molecule has 1 atom stereocenters. The monoisotopic (exact) mass is 740 g/mol. The molecule has 0 aliphatic heterocycles. The third kappa shape index (κ3) is 4.05. The lowest BCUT2D eigenvalue weighted by atomic mass is 9.73. The van der Waals surface area contributed by atoms with Gasteiger partial charge in [0.15, 0.2) is 0 Å². The van der Waals surface area contributed by atoms with E-state index in [4.69, 9.17) is 0 Å². The van der Waals surface area contributed by atoms with Crippen LogP contribution >= 0.6 is 0 Å². The van der Waals surface area contributed by atoms with Gasteiger partial charge in [-0.1, -0.05) is 121 Å². The number of benzene rings is 9. The predicted molar refractivity (Wildman–Crippen MR) is 236 cm³/mol. The van der Waals surface area contributed by atoms with E-state index in [1.54, 1.807) is 0 Å². The van der Waals surface area contributed by atoms with Crippen molar-refractivity contribution in [2.24, 2.45) is 0 Å². The normalized spacial score (nSPS) is 15.1. The van der Waals surface area contributed by atoms with Crippen LogP contribution in [-0.2, 0) is 5.41 Å². The van der Waals surface area contributed by atoms with Crippen LogP contribution in [0.1, 0.15) is 22.3 Å². The Labute approximate surface area is 335 Å². The molecule has 58 heavy (non-hydrogen) atoms. The number of nitrogens with zero attached hydrogens (tertiary/aromatic N) is 2. The Morgan fingerprint density at radius 1 is 0.379 bits per heavy atom. The van der Waals surface area contributed by atoms with E-state index in [2.05, 4.69) is 185 Å². The molecule has 13 rings (SSSR count). The molecule has 0 fully saturated rings. The Hall–Kier alpha value is -7.49. The van der Waals surface area contributed by atoms with E-state index in [-0.39, 0.29) is 11.2 Å². The quantitative estimate of drug-likeness (QED) is 0.171. The van der Waals surface area contributed by atoms with Crippen LogP contribution in [0.15, 0.2) is 200 Å². The van der Waals surface area contributed by atoms with Crippen LogP contribution in [0.25, 0.3) is 72.0 Å². The Morgan fingerprint density at radius 2 is 0.948 bits per heavy atom. The lowest BCUT2D eigenvalue weighted by molar-refractivity contribution is 0.627. The molecule has 0 bridgehead atoms. The Morgan fingerprint density at radius 3 is 1.71 bits per heavy atom. The molecule has 10 aromatic rings. The van der Waals surface area contributed by atoms with Gasteiger partial charge in [-0.3, -0.25) is 0 Å². The van der Waals surface area contributed by atoms with Crippen molar-refractivity contribution >= 4 is 38.9 Å². The first-order valence-corrected chi connectivity index (χ1v) is 20.0. The number of para-hydroxylation sites is 2. The van der Waals surface area contributed by atoms with Gasteiger partial charge in [-0.15, -0.1) is 0 Å². The molecule has 3 heteroatoms. The zero-order valence-electron chi connectivity index (χ0n) is 31.3. The summed E-state index contributed by atoms with van der Waals surface area (Å²) in [6, 6.07) is 71.5. The van der Waals surface area contributed by atoms with E-state index >= 15 is 0 Å². The van der Waals surface area contributed by atoms with Gasteiger partial charge in [-0.05, 0) is 146 Å². The van der Waals surface area contributed by atoms with Gasteiger partial charge in [-0.25, -0.2) is 4.39 Å². The first-order valence-electron chi connectivity index (χ1n) is 20.0. The van der Waals surface area contributed by atoms with Crippen LogP contribution in [0.3, 0.4) is 0 Å². The average molecular weight is 741 g/mol. The van der Waals surface area contributed by atoms with Gasteiger partial charge in [0.25, 0.3) is 0 Å². The summed E-state index contributed by atoms with van der Waals surface area (Å²) in [5.74, 6) is -0.237. The average Bonchev–Trinajstić information content (AvgIpc) is 3.98. The van der Waals surface area contributed by atoms with Gasteiger partial charge in [0.1, 0.15) is 5.82 Å². The summed E-state index contributed by atoms with van der Waals surface area (Å²) in [4.78, 5) is 2.40. The molecule has 1 unspecified atom stereocenters. The number of anilines is 3. The molecule has 0 saturated heterocycles. The lowest BCUT2D eigenvalue weighted by Gasteiger charge is -2.30. The molecule has 0 N–H and O–H groups in total. The summed E-state index contributed by atoms with van der Waals surface area (Å²) < 4.78 is 16.1. The third-order valence-electron chi connectivity index (χ3n) is 13.0. The Bertz CT molecular complexity index is 3300. The van der Waals surface area contributed by atoms with Crippen LogP contribution in [0.5, 0.6) is 0 Å². The van der Waals surface area contributed by atoms with Crippen molar-refractivity contribution in [1.82, 2.24) is 4.57 Å². The van der Waals surface area contributed by atoms with Crippen LogP contribution in [0.2, 0.25) is 0 Å².